The fraction of sp³-hybridized carbons (Fsp3) is 0.0909. The molecule has 7 nitrogen and oxygen atoms in total. The highest BCUT2D eigenvalue weighted by molar-refractivity contribution is 6.02. The van der Waals surface area contributed by atoms with Gasteiger partial charge in [0.1, 0.15) is 11.6 Å². The van der Waals surface area contributed by atoms with Gasteiger partial charge in [-0.25, -0.2) is 19.6 Å². The first-order chi connectivity index (χ1) is 14.0. The number of aromatic nitrogens is 2. The van der Waals surface area contributed by atoms with E-state index in [-0.39, 0.29) is 5.56 Å². The molecule has 4 rings (SSSR count). The minimum Gasteiger partial charge on any atom is -0.478 e. The van der Waals surface area contributed by atoms with E-state index >= 15 is 0 Å². The summed E-state index contributed by atoms with van der Waals surface area (Å²) in [5, 5.41) is 9.39. The summed E-state index contributed by atoms with van der Waals surface area (Å²) in [5.74, 6) is -1.60. The molecular weight excluding hydrogens is 370 g/mol. The topological polar surface area (TPSA) is 115 Å². The summed E-state index contributed by atoms with van der Waals surface area (Å²) >= 11 is 0. The molecule has 29 heavy (non-hydrogen) atoms. The van der Waals surface area contributed by atoms with Crippen LogP contribution in [0.1, 0.15) is 39.3 Å². The Morgan fingerprint density at radius 1 is 0.897 bits per heavy atom. The van der Waals surface area contributed by atoms with Crippen LogP contribution in [0.3, 0.4) is 0 Å². The Balaban J connectivity index is 1.77. The number of esters is 1. The van der Waals surface area contributed by atoms with Crippen LogP contribution in [0.2, 0.25) is 0 Å². The zero-order valence-electron chi connectivity index (χ0n) is 15.5. The van der Waals surface area contributed by atoms with Crippen molar-refractivity contribution in [3.63, 3.8) is 0 Å². The van der Waals surface area contributed by atoms with E-state index in [0.717, 1.165) is 0 Å². The molecule has 7 heteroatoms. The Morgan fingerprint density at radius 3 is 2.24 bits per heavy atom. The third-order valence-corrected chi connectivity index (χ3v) is 4.66. The summed E-state index contributed by atoms with van der Waals surface area (Å²) < 4.78 is 5.60. The van der Waals surface area contributed by atoms with Crippen LogP contribution in [-0.4, -0.2) is 27.0 Å². The molecule has 0 bridgehead atoms. The highest BCUT2D eigenvalue weighted by atomic mass is 16.5. The average Bonchev–Trinajstić information content (AvgIpc) is 2.71. The number of fused-ring (bicyclic) bond motifs is 2. The lowest BCUT2D eigenvalue weighted by molar-refractivity contribution is 0.0341. The van der Waals surface area contributed by atoms with Gasteiger partial charge in [0.15, 0.2) is 0 Å². The largest absolute Gasteiger partial charge is 0.478 e. The van der Waals surface area contributed by atoms with Gasteiger partial charge in [-0.1, -0.05) is 30.3 Å². The molecule has 0 radical (unpaired) electrons. The lowest BCUT2D eigenvalue weighted by Gasteiger charge is -2.16. The number of nitrogen functional groups attached to an aromatic ring is 1. The van der Waals surface area contributed by atoms with Gasteiger partial charge in [0.25, 0.3) is 0 Å². The predicted molar refractivity (Wildman–Crippen MR) is 109 cm³/mol. The number of carboxylic acid groups (broad SMARTS) is 1. The first-order valence-corrected chi connectivity index (χ1v) is 8.94. The Hall–Kier alpha value is -4.00. The van der Waals surface area contributed by atoms with Gasteiger partial charge in [0.05, 0.1) is 27.7 Å². The van der Waals surface area contributed by atoms with Gasteiger partial charge in [-0.3, -0.25) is 0 Å². The van der Waals surface area contributed by atoms with Gasteiger partial charge in [-0.05, 0) is 37.3 Å². The van der Waals surface area contributed by atoms with E-state index in [2.05, 4.69) is 9.97 Å². The fourth-order valence-corrected chi connectivity index (χ4v) is 3.21. The van der Waals surface area contributed by atoms with E-state index in [1.54, 1.807) is 61.5 Å². The van der Waals surface area contributed by atoms with Crippen molar-refractivity contribution in [2.45, 2.75) is 13.0 Å². The van der Waals surface area contributed by atoms with Crippen molar-refractivity contribution in [1.82, 2.24) is 9.97 Å². The van der Waals surface area contributed by atoms with Crippen molar-refractivity contribution in [2.75, 3.05) is 5.73 Å². The summed E-state index contributed by atoms with van der Waals surface area (Å²) in [6.07, 6.45) is -0.611. The smallest absolute Gasteiger partial charge is 0.340 e. The third kappa shape index (κ3) is 3.34. The molecular formula is C22H17N3O4. The van der Waals surface area contributed by atoms with Crippen molar-refractivity contribution in [2.24, 2.45) is 0 Å². The van der Waals surface area contributed by atoms with Gasteiger partial charge < -0.3 is 15.6 Å². The van der Waals surface area contributed by atoms with E-state index in [1.807, 2.05) is 0 Å². The number of anilines is 1. The summed E-state index contributed by atoms with van der Waals surface area (Å²) in [4.78, 5) is 33.1. The normalized spacial score (nSPS) is 12.0. The van der Waals surface area contributed by atoms with Crippen molar-refractivity contribution in [3.05, 3.63) is 77.4 Å². The molecule has 1 heterocycles. The highest BCUT2D eigenvalue weighted by Crippen LogP contribution is 2.28. The number of para-hydroxylation sites is 3. The Morgan fingerprint density at radius 2 is 1.52 bits per heavy atom. The van der Waals surface area contributed by atoms with Crippen LogP contribution in [0.5, 0.6) is 0 Å². The van der Waals surface area contributed by atoms with Crippen molar-refractivity contribution >= 4 is 39.7 Å². The van der Waals surface area contributed by atoms with Crippen LogP contribution in [0.4, 0.5) is 5.69 Å². The van der Waals surface area contributed by atoms with Crippen molar-refractivity contribution in [1.29, 1.82) is 0 Å². The Kier molecular flexibility index (Phi) is 4.56. The van der Waals surface area contributed by atoms with Gasteiger partial charge in [0, 0.05) is 11.3 Å². The Bertz CT molecular complexity index is 1270. The second kappa shape index (κ2) is 7.20. The number of nitrogens with two attached hydrogens (primary N) is 1. The molecule has 3 aromatic carbocycles. The van der Waals surface area contributed by atoms with Crippen LogP contribution in [-0.2, 0) is 4.74 Å². The number of carboxylic acids is 1. The number of hydrogen-bond donors (Lipinski definition) is 2. The molecule has 1 aromatic heterocycles. The van der Waals surface area contributed by atoms with E-state index in [9.17, 15) is 14.7 Å². The lowest BCUT2D eigenvalue weighted by atomic mass is 10.1. The molecule has 0 aliphatic carbocycles. The van der Waals surface area contributed by atoms with Crippen LogP contribution in [0.15, 0.2) is 60.7 Å². The molecule has 144 valence electrons. The molecule has 0 saturated carbocycles. The van der Waals surface area contributed by atoms with E-state index < -0.39 is 18.0 Å². The number of carbonyl (C=O) groups is 2. The SMILES string of the molecule is CC(OC(=O)c1ccccc1N)c1cccc2nc3c(C(=O)O)cccc3nc12. The monoisotopic (exact) mass is 387 g/mol. The maximum absolute atomic E-state index is 12.5. The predicted octanol–water partition coefficient (Wildman–Crippen LogP) is 3.98. The third-order valence-electron chi connectivity index (χ3n) is 4.66. The Labute approximate surface area is 165 Å². The van der Waals surface area contributed by atoms with E-state index in [4.69, 9.17) is 10.5 Å². The zero-order chi connectivity index (χ0) is 20.5. The van der Waals surface area contributed by atoms with Gasteiger partial charge in [-0.15, -0.1) is 0 Å². The van der Waals surface area contributed by atoms with Gasteiger partial charge in [0.2, 0.25) is 0 Å². The zero-order valence-corrected chi connectivity index (χ0v) is 15.5. The molecule has 0 saturated heterocycles. The quantitative estimate of drug-likeness (QED) is 0.309. The summed E-state index contributed by atoms with van der Waals surface area (Å²) in [6.45, 7) is 1.74. The van der Waals surface area contributed by atoms with Gasteiger partial charge >= 0.3 is 11.9 Å². The summed E-state index contributed by atoms with van der Waals surface area (Å²) in [7, 11) is 0. The summed E-state index contributed by atoms with van der Waals surface area (Å²) in [6, 6.07) is 16.8. The molecule has 0 aliphatic rings. The molecule has 3 N–H and O–H groups in total. The van der Waals surface area contributed by atoms with Crippen LogP contribution >= 0.6 is 0 Å². The molecule has 4 aromatic rings. The second-order valence-corrected chi connectivity index (χ2v) is 6.55. The molecule has 1 unspecified atom stereocenters. The first kappa shape index (κ1) is 18.4. The number of hydrogen-bond acceptors (Lipinski definition) is 6. The van der Waals surface area contributed by atoms with Crippen LogP contribution in [0.25, 0.3) is 22.1 Å². The second-order valence-electron chi connectivity index (χ2n) is 6.55. The van der Waals surface area contributed by atoms with Crippen LogP contribution in [0, 0.1) is 0 Å². The molecule has 0 aliphatic heterocycles. The maximum Gasteiger partial charge on any atom is 0.340 e. The maximum atomic E-state index is 12.5. The molecule has 0 amide bonds. The minimum absolute atomic E-state index is 0.0846. The fourth-order valence-electron chi connectivity index (χ4n) is 3.21. The minimum atomic E-state index is -1.07. The van der Waals surface area contributed by atoms with E-state index in [1.165, 1.54) is 6.07 Å². The molecule has 0 fully saturated rings. The number of ether oxygens (including phenoxy) is 1. The van der Waals surface area contributed by atoms with E-state index in [0.29, 0.717) is 38.9 Å². The molecule has 0 spiro atoms. The highest BCUT2D eigenvalue weighted by Gasteiger charge is 2.19. The first-order valence-electron chi connectivity index (χ1n) is 8.94. The average molecular weight is 387 g/mol. The van der Waals surface area contributed by atoms with Crippen LogP contribution < -0.4 is 5.73 Å². The van der Waals surface area contributed by atoms with Gasteiger partial charge in [-0.2, -0.15) is 0 Å². The van der Waals surface area contributed by atoms with Crippen molar-refractivity contribution < 1.29 is 19.4 Å². The number of nitrogens with zero attached hydrogens (tertiary/aromatic N) is 2. The van der Waals surface area contributed by atoms with Crippen molar-refractivity contribution in [3.8, 4) is 0 Å². The number of rotatable bonds is 4. The number of aromatic carboxylic acids is 1. The standard InChI is InChI=1S/C22H17N3O4/c1-12(29-22(28)14-6-2-3-9-16(14)23)13-7-4-10-17-19(13)24-18-11-5-8-15(21(26)27)20(18)25-17/h2-12H,23H2,1H3,(H,26,27). The number of carbonyl (C=O) groups excluding carboxylic acids is 1. The molecule has 1 atom stereocenters. The number of benzene rings is 3. The summed E-state index contributed by atoms with van der Waals surface area (Å²) in [5.41, 5.74) is 9.07. The lowest BCUT2D eigenvalue weighted by Crippen LogP contribution is -2.12.